The van der Waals surface area contributed by atoms with Crippen LogP contribution in [0.4, 0.5) is 0 Å². The second-order valence-electron chi connectivity index (χ2n) is 15.4. The first kappa shape index (κ1) is 33.3. The van der Waals surface area contributed by atoms with E-state index in [2.05, 4.69) is 211 Å². The van der Waals surface area contributed by atoms with Crippen molar-refractivity contribution in [2.75, 3.05) is 0 Å². The molecule has 0 saturated carbocycles. The Morgan fingerprint density at radius 1 is 0.305 bits per heavy atom. The first-order valence-corrected chi connectivity index (χ1v) is 20.1. The zero-order valence-corrected chi connectivity index (χ0v) is 32.0. The molecular formula is C56H35N3. The lowest BCUT2D eigenvalue weighted by Crippen LogP contribution is -1.95. The SMILES string of the molecule is c1cc(-c2ccc(-c3ccc4c5ccccc5n(-c5cccc6ccccc56)c4c3)cc2)cc(-c2cccc(-c3cnc4c5ccccc5c5ccccc5c4n3)c2)c1. The lowest BCUT2D eigenvalue weighted by atomic mass is 9.96. The summed E-state index contributed by atoms with van der Waals surface area (Å²) in [5.74, 6) is 0. The van der Waals surface area contributed by atoms with Crippen LogP contribution in [0.1, 0.15) is 0 Å². The Labute approximate surface area is 341 Å². The van der Waals surface area contributed by atoms with E-state index in [1.807, 2.05) is 6.20 Å². The number of rotatable bonds is 5. The van der Waals surface area contributed by atoms with Crippen LogP contribution in [-0.4, -0.2) is 14.5 Å². The van der Waals surface area contributed by atoms with Gasteiger partial charge >= 0.3 is 0 Å². The van der Waals surface area contributed by atoms with E-state index in [-0.39, 0.29) is 0 Å². The number of aromatic nitrogens is 3. The minimum absolute atomic E-state index is 0.863. The predicted octanol–water partition coefficient (Wildman–Crippen LogP) is 14.9. The molecule has 0 unspecified atom stereocenters. The molecule has 2 aromatic heterocycles. The summed E-state index contributed by atoms with van der Waals surface area (Å²) in [5.41, 5.74) is 14.4. The van der Waals surface area contributed by atoms with Gasteiger partial charge in [0.1, 0.15) is 0 Å². The van der Waals surface area contributed by atoms with Crippen molar-refractivity contribution in [1.82, 2.24) is 14.5 Å². The van der Waals surface area contributed by atoms with Crippen LogP contribution in [0.3, 0.4) is 0 Å². The van der Waals surface area contributed by atoms with Gasteiger partial charge in [-0.1, -0.05) is 176 Å². The molecule has 0 bridgehead atoms. The molecule has 2 heterocycles. The van der Waals surface area contributed by atoms with Gasteiger partial charge in [0.05, 0.1) is 39.6 Å². The molecule has 10 aromatic carbocycles. The van der Waals surface area contributed by atoms with E-state index in [1.165, 1.54) is 71.3 Å². The van der Waals surface area contributed by atoms with Gasteiger partial charge in [0, 0.05) is 32.5 Å². The van der Waals surface area contributed by atoms with Crippen molar-refractivity contribution < 1.29 is 0 Å². The van der Waals surface area contributed by atoms with Gasteiger partial charge in [0.25, 0.3) is 0 Å². The summed E-state index contributed by atoms with van der Waals surface area (Å²) in [6.45, 7) is 0. The highest BCUT2D eigenvalue weighted by Crippen LogP contribution is 2.38. The molecular weight excluding hydrogens is 715 g/mol. The van der Waals surface area contributed by atoms with Crippen LogP contribution in [0.25, 0.3) is 115 Å². The van der Waals surface area contributed by atoms with Crippen LogP contribution >= 0.6 is 0 Å². The van der Waals surface area contributed by atoms with Gasteiger partial charge in [-0.25, -0.2) is 4.98 Å². The van der Waals surface area contributed by atoms with Crippen molar-refractivity contribution in [2.45, 2.75) is 0 Å². The Balaban J connectivity index is 0.888. The Hall–Kier alpha value is -7.88. The number of benzene rings is 10. The van der Waals surface area contributed by atoms with E-state index < -0.39 is 0 Å². The minimum Gasteiger partial charge on any atom is -0.309 e. The Bertz CT molecular complexity index is 3570. The van der Waals surface area contributed by atoms with Crippen LogP contribution in [-0.2, 0) is 0 Å². The summed E-state index contributed by atoms with van der Waals surface area (Å²) in [7, 11) is 0. The van der Waals surface area contributed by atoms with Gasteiger partial charge in [-0.05, 0) is 79.9 Å². The first-order chi connectivity index (χ1) is 29.2. The second kappa shape index (κ2) is 13.4. The molecule has 3 nitrogen and oxygen atoms in total. The fourth-order valence-corrected chi connectivity index (χ4v) is 9.17. The topological polar surface area (TPSA) is 30.7 Å². The molecule has 12 aromatic rings. The van der Waals surface area contributed by atoms with Gasteiger partial charge in [0.2, 0.25) is 0 Å². The maximum atomic E-state index is 5.25. The van der Waals surface area contributed by atoms with Crippen LogP contribution in [0, 0.1) is 0 Å². The molecule has 12 rings (SSSR count). The van der Waals surface area contributed by atoms with E-state index in [9.17, 15) is 0 Å². The summed E-state index contributed by atoms with van der Waals surface area (Å²) in [5, 5.41) is 9.64. The minimum atomic E-state index is 0.863. The molecule has 0 atom stereocenters. The average Bonchev–Trinajstić information content (AvgIpc) is 3.65. The largest absolute Gasteiger partial charge is 0.309 e. The molecule has 0 spiro atoms. The molecule has 0 fully saturated rings. The highest BCUT2D eigenvalue weighted by Gasteiger charge is 2.16. The van der Waals surface area contributed by atoms with E-state index >= 15 is 0 Å². The number of nitrogens with zero attached hydrogens (tertiary/aromatic N) is 3. The molecule has 0 amide bonds. The molecule has 274 valence electrons. The summed E-state index contributed by atoms with van der Waals surface area (Å²) < 4.78 is 2.43. The zero-order chi connectivity index (χ0) is 38.9. The van der Waals surface area contributed by atoms with Gasteiger partial charge in [-0.2, -0.15) is 0 Å². The molecule has 0 N–H and O–H groups in total. The third-order valence-electron chi connectivity index (χ3n) is 12.0. The number of para-hydroxylation sites is 1. The Morgan fingerprint density at radius 2 is 0.797 bits per heavy atom. The monoisotopic (exact) mass is 749 g/mol. The van der Waals surface area contributed by atoms with Gasteiger partial charge in [0.15, 0.2) is 0 Å². The average molecular weight is 750 g/mol. The summed E-state index contributed by atoms with van der Waals surface area (Å²) >= 11 is 0. The van der Waals surface area contributed by atoms with Crippen LogP contribution in [0.5, 0.6) is 0 Å². The van der Waals surface area contributed by atoms with E-state index in [0.717, 1.165) is 44.2 Å². The van der Waals surface area contributed by atoms with Crippen molar-refractivity contribution >= 4 is 65.2 Å². The van der Waals surface area contributed by atoms with Crippen molar-refractivity contribution in [2.24, 2.45) is 0 Å². The molecule has 0 aliphatic heterocycles. The fraction of sp³-hybridized carbons (Fsp3) is 0. The van der Waals surface area contributed by atoms with Crippen LogP contribution in [0.2, 0.25) is 0 Å². The molecule has 3 heteroatoms. The third kappa shape index (κ3) is 5.44. The summed E-state index contributed by atoms with van der Waals surface area (Å²) in [4.78, 5) is 10.3. The van der Waals surface area contributed by atoms with E-state index in [1.54, 1.807) is 0 Å². The molecule has 0 radical (unpaired) electrons. The van der Waals surface area contributed by atoms with Gasteiger partial charge in [-0.15, -0.1) is 0 Å². The van der Waals surface area contributed by atoms with Gasteiger partial charge < -0.3 is 4.57 Å². The maximum absolute atomic E-state index is 5.25. The zero-order valence-electron chi connectivity index (χ0n) is 32.0. The molecule has 0 saturated heterocycles. The molecule has 0 aliphatic carbocycles. The number of hydrogen-bond acceptors (Lipinski definition) is 2. The summed E-state index contributed by atoms with van der Waals surface area (Å²) in [6.07, 6.45) is 1.92. The van der Waals surface area contributed by atoms with Crippen molar-refractivity contribution in [3.05, 3.63) is 212 Å². The highest BCUT2D eigenvalue weighted by atomic mass is 15.0. The lowest BCUT2D eigenvalue weighted by molar-refractivity contribution is 1.20. The maximum Gasteiger partial charge on any atom is 0.0979 e. The standard InChI is InChI=1S/C56H35N3/c1-2-18-44-38(12-1)13-11-25-52(44)59-53-24-8-7-21-47(53)48-31-30-42(34-54(48)59)37-28-26-36(27-29-37)39-14-9-15-40(32-39)41-16-10-17-43(33-41)51-35-57-55-49-22-5-3-19-45(49)46-20-4-6-23-50(46)56(55)58-51/h1-35H. The van der Waals surface area contributed by atoms with E-state index in [0.29, 0.717) is 0 Å². The van der Waals surface area contributed by atoms with Crippen LogP contribution < -0.4 is 0 Å². The Morgan fingerprint density at radius 3 is 1.53 bits per heavy atom. The number of hydrogen-bond donors (Lipinski definition) is 0. The molecule has 59 heavy (non-hydrogen) atoms. The molecule has 0 aliphatic rings. The first-order valence-electron chi connectivity index (χ1n) is 20.1. The quantitative estimate of drug-likeness (QED) is 0.164. The normalized spacial score (nSPS) is 11.7. The fourth-order valence-electron chi connectivity index (χ4n) is 9.17. The second-order valence-corrected chi connectivity index (χ2v) is 15.4. The third-order valence-corrected chi connectivity index (χ3v) is 12.0. The van der Waals surface area contributed by atoms with Crippen molar-refractivity contribution in [3.63, 3.8) is 0 Å². The number of fused-ring (bicyclic) bond motifs is 10. The highest BCUT2D eigenvalue weighted by molar-refractivity contribution is 6.23. The smallest absolute Gasteiger partial charge is 0.0979 e. The summed E-state index contributed by atoms with van der Waals surface area (Å²) in [6, 6.07) is 74.3. The van der Waals surface area contributed by atoms with Crippen LogP contribution in [0.15, 0.2) is 212 Å². The lowest BCUT2D eigenvalue weighted by Gasteiger charge is -2.12. The Kier molecular flexibility index (Phi) is 7.54. The van der Waals surface area contributed by atoms with E-state index in [4.69, 9.17) is 9.97 Å². The van der Waals surface area contributed by atoms with Gasteiger partial charge in [-0.3, -0.25) is 4.98 Å². The van der Waals surface area contributed by atoms with Crippen molar-refractivity contribution in [3.8, 4) is 50.3 Å². The predicted molar refractivity (Wildman–Crippen MR) is 248 cm³/mol. The van der Waals surface area contributed by atoms with Crippen molar-refractivity contribution in [1.29, 1.82) is 0 Å².